The maximum Gasteiger partial charge on any atom is 0.126 e. The Bertz CT molecular complexity index is 402. The van der Waals surface area contributed by atoms with Crippen LogP contribution in [-0.4, -0.2) is 40.7 Å². The van der Waals surface area contributed by atoms with E-state index in [9.17, 15) is 5.11 Å². The Morgan fingerprint density at radius 2 is 2.16 bits per heavy atom. The van der Waals surface area contributed by atoms with Crippen LogP contribution in [0.1, 0.15) is 38.2 Å². The average molecular weight is 263 g/mol. The Balaban J connectivity index is 1.90. The highest BCUT2D eigenvalue weighted by Gasteiger charge is 2.31. The summed E-state index contributed by atoms with van der Waals surface area (Å²) in [6, 6.07) is 4.12. The summed E-state index contributed by atoms with van der Waals surface area (Å²) in [6.45, 7) is 4.55. The second-order valence-corrected chi connectivity index (χ2v) is 5.68. The minimum Gasteiger partial charge on any atom is -0.389 e. The van der Waals surface area contributed by atoms with Gasteiger partial charge in [0.2, 0.25) is 0 Å². The Morgan fingerprint density at radius 3 is 2.84 bits per heavy atom. The first-order chi connectivity index (χ1) is 9.11. The topological polar surface area (TPSA) is 48.4 Å². The molecule has 1 aliphatic rings. The molecule has 1 aliphatic carbocycles. The van der Waals surface area contributed by atoms with E-state index in [1.807, 2.05) is 12.3 Å². The van der Waals surface area contributed by atoms with Crippen LogP contribution in [0.5, 0.6) is 0 Å². The number of likely N-dealkylation sites (N-methyl/N-ethyl adjacent to an activating group) is 1. The maximum absolute atomic E-state index is 10.4. The zero-order chi connectivity index (χ0) is 13.7. The molecule has 1 aromatic heterocycles. The zero-order valence-corrected chi connectivity index (χ0v) is 12.0. The van der Waals surface area contributed by atoms with Crippen molar-refractivity contribution in [1.29, 1.82) is 0 Å². The summed E-state index contributed by atoms with van der Waals surface area (Å²) in [4.78, 5) is 6.48. The number of nitrogens with one attached hydrogen (secondary N) is 1. The fourth-order valence-electron chi connectivity index (χ4n) is 2.91. The molecule has 1 heterocycles. The SMILES string of the molecule is CCNc1cc(CN(C)CC2(O)CCCC2)ccn1. The predicted octanol–water partition coefficient (Wildman–Crippen LogP) is 2.25. The number of aliphatic hydroxyl groups is 1. The number of hydrogen-bond acceptors (Lipinski definition) is 4. The van der Waals surface area contributed by atoms with Gasteiger partial charge in [-0.1, -0.05) is 12.8 Å². The van der Waals surface area contributed by atoms with Crippen molar-refractivity contribution in [1.82, 2.24) is 9.88 Å². The molecule has 0 atom stereocenters. The fraction of sp³-hybridized carbons (Fsp3) is 0.667. The minimum absolute atomic E-state index is 0.466. The van der Waals surface area contributed by atoms with E-state index in [-0.39, 0.29) is 0 Å². The number of rotatable bonds is 6. The largest absolute Gasteiger partial charge is 0.389 e. The van der Waals surface area contributed by atoms with Crippen molar-refractivity contribution < 1.29 is 5.11 Å². The summed E-state index contributed by atoms with van der Waals surface area (Å²) in [5.74, 6) is 0.924. The molecule has 2 rings (SSSR count). The third-order valence-electron chi connectivity index (χ3n) is 3.73. The maximum atomic E-state index is 10.4. The molecule has 106 valence electrons. The third-order valence-corrected chi connectivity index (χ3v) is 3.73. The van der Waals surface area contributed by atoms with E-state index < -0.39 is 5.60 Å². The van der Waals surface area contributed by atoms with Crippen molar-refractivity contribution >= 4 is 5.82 Å². The number of nitrogens with zero attached hydrogens (tertiary/aromatic N) is 2. The van der Waals surface area contributed by atoms with Gasteiger partial charge in [-0.15, -0.1) is 0 Å². The zero-order valence-electron chi connectivity index (χ0n) is 12.0. The monoisotopic (exact) mass is 263 g/mol. The van der Waals surface area contributed by atoms with Crippen molar-refractivity contribution in [3.63, 3.8) is 0 Å². The molecule has 0 aromatic carbocycles. The van der Waals surface area contributed by atoms with E-state index in [0.717, 1.165) is 51.1 Å². The third kappa shape index (κ3) is 4.18. The van der Waals surface area contributed by atoms with Crippen LogP contribution >= 0.6 is 0 Å². The molecule has 2 N–H and O–H groups in total. The van der Waals surface area contributed by atoms with Gasteiger partial charge in [-0.25, -0.2) is 4.98 Å². The molecule has 4 nitrogen and oxygen atoms in total. The van der Waals surface area contributed by atoms with Crippen LogP contribution in [0, 0.1) is 0 Å². The molecular formula is C15H25N3O. The quantitative estimate of drug-likeness (QED) is 0.826. The fourth-order valence-corrected chi connectivity index (χ4v) is 2.91. The van der Waals surface area contributed by atoms with Gasteiger partial charge in [-0.3, -0.25) is 4.90 Å². The van der Waals surface area contributed by atoms with Crippen LogP contribution < -0.4 is 5.32 Å². The molecule has 0 unspecified atom stereocenters. The normalized spacial score (nSPS) is 17.9. The van der Waals surface area contributed by atoms with Crippen molar-refractivity contribution in [2.75, 3.05) is 25.5 Å². The van der Waals surface area contributed by atoms with Crippen molar-refractivity contribution in [2.45, 2.75) is 44.8 Å². The van der Waals surface area contributed by atoms with Crippen molar-refractivity contribution in [2.24, 2.45) is 0 Å². The van der Waals surface area contributed by atoms with Crippen molar-refractivity contribution in [3.05, 3.63) is 23.9 Å². The van der Waals surface area contributed by atoms with Gasteiger partial charge in [-0.05, 0) is 44.5 Å². The lowest BCUT2D eigenvalue weighted by Gasteiger charge is -2.28. The second kappa shape index (κ2) is 6.35. The highest BCUT2D eigenvalue weighted by molar-refractivity contribution is 5.37. The van der Waals surface area contributed by atoms with Gasteiger partial charge in [0.1, 0.15) is 5.82 Å². The van der Waals surface area contributed by atoms with Crippen LogP contribution in [0.2, 0.25) is 0 Å². The molecule has 4 heteroatoms. The van der Waals surface area contributed by atoms with Crippen LogP contribution in [0.15, 0.2) is 18.3 Å². The Labute approximate surface area is 115 Å². The smallest absolute Gasteiger partial charge is 0.126 e. The van der Waals surface area contributed by atoms with E-state index in [1.54, 1.807) is 0 Å². The molecule has 19 heavy (non-hydrogen) atoms. The molecule has 1 aromatic rings. The highest BCUT2D eigenvalue weighted by Crippen LogP contribution is 2.30. The highest BCUT2D eigenvalue weighted by atomic mass is 16.3. The summed E-state index contributed by atoms with van der Waals surface area (Å²) in [5.41, 5.74) is 0.766. The van der Waals surface area contributed by atoms with E-state index in [1.165, 1.54) is 5.56 Å². The summed E-state index contributed by atoms with van der Waals surface area (Å²) in [7, 11) is 2.07. The van der Waals surface area contributed by atoms with Gasteiger partial charge >= 0.3 is 0 Å². The molecular weight excluding hydrogens is 238 g/mol. The number of aromatic nitrogens is 1. The predicted molar refractivity (Wildman–Crippen MR) is 78.2 cm³/mol. The van der Waals surface area contributed by atoms with Gasteiger partial charge in [0.25, 0.3) is 0 Å². The molecule has 0 spiro atoms. The Morgan fingerprint density at radius 1 is 1.42 bits per heavy atom. The van der Waals surface area contributed by atoms with Gasteiger partial charge in [0, 0.05) is 25.8 Å². The Kier molecular flexibility index (Phi) is 4.77. The molecule has 0 amide bonds. The van der Waals surface area contributed by atoms with E-state index in [2.05, 4.69) is 35.2 Å². The first-order valence-corrected chi connectivity index (χ1v) is 7.21. The van der Waals surface area contributed by atoms with Gasteiger partial charge in [0.05, 0.1) is 5.60 Å². The first kappa shape index (κ1) is 14.3. The van der Waals surface area contributed by atoms with E-state index in [4.69, 9.17) is 0 Å². The average Bonchev–Trinajstić information content (AvgIpc) is 2.76. The summed E-state index contributed by atoms with van der Waals surface area (Å²) in [5, 5.41) is 13.6. The lowest BCUT2D eigenvalue weighted by molar-refractivity contribution is 0.0145. The molecule has 1 fully saturated rings. The molecule has 1 saturated carbocycles. The molecule has 0 bridgehead atoms. The lowest BCUT2D eigenvalue weighted by Crippen LogP contribution is -2.38. The van der Waals surface area contributed by atoms with Crippen LogP contribution in [-0.2, 0) is 6.54 Å². The lowest BCUT2D eigenvalue weighted by atomic mass is 10.0. The number of hydrogen-bond donors (Lipinski definition) is 2. The second-order valence-electron chi connectivity index (χ2n) is 5.68. The number of pyridine rings is 1. The van der Waals surface area contributed by atoms with E-state index >= 15 is 0 Å². The van der Waals surface area contributed by atoms with E-state index in [0.29, 0.717) is 0 Å². The minimum atomic E-state index is -0.466. The van der Waals surface area contributed by atoms with Gasteiger partial charge < -0.3 is 10.4 Å². The Hall–Kier alpha value is -1.13. The van der Waals surface area contributed by atoms with Crippen LogP contribution in [0.4, 0.5) is 5.82 Å². The summed E-state index contributed by atoms with van der Waals surface area (Å²) >= 11 is 0. The first-order valence-electron chi connectivity index (χ1n) is 7.21. The summed E-state index contributed by atoms with van der Waals surface area (Å²) < 4.78 is 0. The molecule has 0 aliphatic heterocycles. The summed E-state index contributed by atoms with van der Waals surface area (Å²) in [6.07, 6.45) is 6.03. The molecule has 0 saturated heterocycles. The van der Waals surface area contributed by atoms with Crippen LogP contribution in [0.3, 0.4) is 0 Å². The van der Waals surface area contributed by atoms with Gasteiger partial charge in [-0.2, -0.15) is 0 Å². The number of anilines is 1. The van der Waals surface area contributed by atoms with Crippen molar-refractivity contribution in [3.8, 4) is 0 Å². The molecule has 0 radical (unpaired) electrons. The van der Waals surface area contributed by atoms with Gasteiger partial charge in [0.15, 0.2) is 0 Å². The van der Waals surface area contributed by atoms with Crippen LogP contribution in [0.25, 0.3) is 0 Å². The standard InChI is InChI=1S/C15H25N3O/c1-3-16-14-10-13(6-9-17-14)11-18(2)12-15(19)7-4-5-8-15/h6,9-10,19H,3-5,7-8,11-12H2,1-2H3,(H,16,17).